The molecule has 0 bridgehead atoms. The summed E-state index contributed by atoms with van der Waals surface area (Å²) in [5, 5.41) is 5.45. The van der Waals surface area contributed by atoms with Crippen LogP contribution in [0.4, 0.5) is 4.79 Å². The summed E-state index contributed by atoms with van der Waals surface area (Å²) in [4.78, 5) is 24.0. The first-order chi connectivity index (χ1) is 8.61. The number of halogens is 1. The number of hydrogen-bond donors (Lipinski definition) is 3. The lowest BCUT2D eigenvalue weighted by Crippen LogP contribution is -2.40. The predicted octanol–water partition coefficient (Wildman–Crippen LogP) is 0.315. The fourth-order valence-corrected chi connectivity index (χ4v) is 2.22. The fraction of sp³-hybridized carbons (Fsp3) is 0.833. The molecule has 6 nitrogen and oxygen atoms in total. The number of imide groups is 1. The van der Waals surface area contributed by atoms with Crippen LogP contribution in [0.5, 0.6) is 0 Å². The molecule has 1 fully saturated rings. The molecule has 0 aromatic rings. The summed E-state index contributed by atoms with van der Waals surface area (Å²) in [6, 6.07) is -0.774. The highest BCUT2D eigenvalue weighted by Crippen LogP contribution is 2.16. The third kappa shape index (κ3) is 8.02. The van der Waals surface area contributed by atoms with Crippen LogP contribution in [-0.2, 0) is 4.79 Å². The molecule has 7 heteroatoms. The Morgan fingerprint density at radius 1 is 1.32 bits per heavy atom. The summed E-state index contributed by atoms with van der Waals surface area (Å²) in [6.07, 6.45) is 2.68. The molecule has 0 unspecified atom stereocenters. The number of hydrogen-bond acceptors (Lipinski definition) is 4. The van der Waals surface area contributed by atoms with Gasteiger partial charge in [-0.2, -0.15) is 0 Å². The number of nitrogens with zero attached hydrogens (tertiary/aromatic N) is 1. The highest BCUT2D eigenvalue weighted by Gasteiger charge is 2.19. The van der Waals surface area contributed by atoms with Crippen molar-refractivity contribution in [2.24, 2.45) is 11.7 Å². The highest BCUT2D eigenvalue weighted by atomic mass is 35.5. The maximum absolute atomic E-state index is 11.3. The molecule has 1 aliphatic heterocycles. The normalized spacial score (nSPS) is 16.7. The molecule has 112 valence electrons. The Balaban J connectivity index is 0.00000324. The van der Waals surface area contributed by atoms with Gasteiger partial charge in [0.1, 0.15) is 0 Å². The van der Waals surface area contributed by atoms with Gasteiger partial charge in [-0.1, -0.05) is 6.92 Å². The zero-order valence-electron chi connectivity index (χ0n) is 11.5. The molecule has 3 amide bonds. The monoisotopic (exact) mass is 292 g/mol. The van der Waals surface area contributed by atoms with Crippen LogP contribution in [0, 0.1) is 5.92 Å². The Hall–Kier alpha value is -0.850. The lowest BCUT2D eigenvalue weighted by Gasteiger charge is -2.31. The Labute approximate surface area is 120 Å². The molecule has 0 spiro atoms. The lowest BCUT2D eigenvalue weighted by molar-refractivity contribution is -0.120. The van der Waals surface area contributed by atoms with Crippen LogP contribution in [-0.4, -0.2) is 49.6 Å². The lowest BCUT2D eigenvalue weighted by atomic mass is 9.96. The van der Waals surface area contributed by atoms with Gasteiger partial charge in [0.15, 0.2) is 0 Å². The van der Waals surface area contributed by atoms with Crippen LogP contribution in [0.1, 0.15) is 26.2 Å². The fourth-order valence-electron chi connectivity index (χ4n) is 2.22. The summed E-state index contributed by atoms with van der Waals surface area (Å²) < 4.78 is 0. The Morgan fingerprint density at radius 3 is 2.47 bits per heavy atom. The predicted molar refractivity (Wildman–Crippen MR) is 77.3 cm³/mol. The average Bonchev–Trinajstić information content (AvgIpc) is 2.34. The third-order valence-corrected chi connectivity index (χ3v) is 3.31. The van der Waals surface area contributed by atoms with Gasteiger partial charge in [0, 0.05) is 13.0 Å². The molecule has 1 heterocycles. The van der Waals surface area contributed by atoms with Gasteiger partial charge in [-0.15, -0.1) is 12.4 Å². The van der Waals surface area contributed by atoms with E-state index in [0.29, 0.717) is 13.0 Å². The number of primary amides is 1. The summed E-state index contributed by atoms with van der Waals surface area (Å²) >= 11 is 0. The standard InChI is InChI=1S/C12H24N4O2.ClH/c1-2-14-9-10-3-6-16(7-4-10)8-5-11(17)15-12(13)18;/h10,14H,2-9H2,1H3,(H3,13,15,17,18);1H. The zero-order valence-corrected chi connectivity index (χ0v) is 12.3. The summed E-state index contributed by atoms with van der Waals surface area (Å²) in [5.41, 5.74) is 4.88. The van der Waals surface area contributed by atoms with E-state index in [1.165, 1.54) is 12.8 Å². The number of nitrogens with two attached hydrogens (primary N) is 1. The number of piperidine rings is 1. The molecule has 0 radical (unpaired) electrons. The van der Waals surface area contributed by atoms with E-state index in [9.17, 15) is 9.59 Å². The van der Waals surface area contributed by atoms with Crippen molar-refractivity contribution in [1.29, 1.82) is 0 Å². The number of rotatable bonds is 6. The van der Waals surface area contributed by atoms with Crippen molar-refractivity contribution < 1.29 is 9.59 Å². The molecule has 1 rings (SSSR count). The maximum atomic E-state index is 11.3. The number of carbonyl (C=O) groups is 2. The van der Waals surface area contributed by atoms with Crippen molar-refractivity contribution in [1.82, 2.24) is 15.5 Å². The average molecular weight is 293 g/mol. The minimum Gasteiger partial charge on any atom is -0.351 e. The van der Waals surface area contributed by atoms with Gasteiger partial charge >= 0.3 is 6.03 Å². The van der Waals surface area contributed by atoms with Crippen molar-refractivity contribution in [2.75, 3.05) is 32.7 Å². The second-order valence-electron chi connectivity index (χ2n) is 4.76. The molecule has 0 aromatic carbocycles. The van der Waals surface area contributed by atoms with Crippen LogP contribution >= 0.6 is 12.4 Å². The molecule has 0 aliphatic carbocycles. The zero-order chi connectivity index (χ0) is 13.4. The van der Waals surface area contributed by atoms with Gasteiger partial charge in [0.05, 0.1) is 0 Å². The van der Waals surface area contributed by atoms with Gasteiger partial charge < -0.3 is 16.0 Å². The first kappa shape index (κ1) is 18.1. The van der Waals surface area contributed by atoms with Gasteiger partial charge in [0.25, 0.3) is 0 Å². The van der Waals surface area contributed by atoms with E-state index in [4.69, 9.17) is 5.73 Å². The van der Waals surface area contributed by atoms with E-state index in [1.807, 2.05) is 0 Å². The van der Waals surface area contributed by atoms with Crippen molar-refractivity contribution in [3.63, 3.8) is 0 Å². The number of carbonyl (C=O) groups excluding carboxylic acids is 2. The van der Waals surface area contributed by atoms with E-state index in [0.717, 1.165) is 32.1 Å². The Kier molecular flexibility index (Phi) is 9.55. The summed E-state index contributed by atoms with van der Waals surface area (Å²) in [7, 11) is 0. The van der Waals surface area contributed by atoms with Crippen molar-refractivity contribution in [3.05, 3.63) is 0 Å². The number of nitrogens with one attached hydrogen (secondary N) is 2. The second-order valence-corrected chi connectivity index (χ2v) is 4.76. The minimum absolute atomic E-state index is 0. The first-order valence-corrected chi connectivity index (χ1v) is 6.64. The van der Waals surface area contributed by atoms with Crippen LogP contribution in [0.25, 0.3) is 0 Å². The second kappa shape index (κ2) is 10.00. The number of amides is 3. The molecule has 1 saturated heterocycles. The Bertz CT molecular complexity index is 281. The highest BCUT2D eigenvalue weighted by molar-refractivity contribution is 5.93. The van der Waals surface area contributed by atoms with E-state index >= 15 is 0 Å². The summed E-state index contributed by atoms with van der Waals surface area (Å²) in [5.74, 6) is 0.456. The molecule has 4 N–H and O–H groups in total. The van der Waals surface area contributed by atoms with Crippen LogP contribution < -0.4 is 16.4 Å². The van der Waals surface area contributed by atoms with E-state index < -0.39 is 6.03 Å². The van der Waals surface area contributed by atoms with Gasteiger partial charge in [0.2, 0.25) is 5.91 Å². The smallest absolute Gasteiger partial charge is 0.318 e. The molecule has 0 saturated carbocycles. The molecule has 0 aromatic heterocycles. The van der Waals surface area contributed by atoms with Crippen molar-refractivity contribution in [3.8, 4) is 0 Å². The SMILES string of the molecule is CCNCC1CCN(CCC(=O)NC(N)=O)CC1.Cl. The minimum atomic E-state index is -0.774. The molecule has 0 atom stereocenters. The van der Waals surface area contributed by atoms with E-state index in [-0.39, 0.29) is 18.3 Å². The van der Waals surface area contributed by atoms with E-state index in [1.54, 1.807) is 0 Å². The first-order valence-electron chi connectivity index (χ1n) is 6.64. The van der Waals surface area contributed by atoms with Crippen LogP contribution in [0.2, 0.25) is 0 Å². The van der Waals surface area contributed by atoms with Crippen molar-refractivity contribution in [2.45, 2.75) is 26.2 Å². The van der Waals surface area contributed by atoms with Crippen LogP contribution in [0.15, 0.2) is 0 Å². The number of urea groups is 1. The molecular weight excluding hydrogens is 268 g/mol. The van der Waals surface area contributed by atoms with Gasteiger partial charge in [-0.25, -0.2) is 4.79 Å². The topological polar surface area (TPSA) is 87.5 Å². The quantitative estimate of drug-likeness (QED) is 0.658. The van der Waals surface area contributed by atoms with E-state index in [2.05, 4.69) is 22.5 Å². The van der Waals surface area contributed by atoms with Gasteiger partial charge in [-0.3, -0.25) is 10.1 Å². The maximum Gasteiger partial charge on any atom is 0.318 e. The summed E-state index contributed by atoms with van der Waals surface area (Å²) in [6.45, 7) is 6.99. The third-order valence-electron chi connectivity index (χ3n) is 3.31. The van der Waals surface area contributed by atoms with Gasteiger partial charge in [-0.05, 0) is 44.9 Å². The van der Waals surface area contributed by atoms with Crippen LogP contribution in [0.3, 0.4) is 0 Å². The molecule has 19 heavy (non-hydrogen) atoms. The van der Waals surface area contributed by atoms with Crippen molar-refractivity contribution >= 4 is 24.3 Å². The largest absolute Gasteiger partial charge is 0.351 e. The Morgan fingerprint density at radius 2 is 1.95 bits per heavy atom. The molecular formula is C12H25ClN4O2. The number of likely N-dealkylation sites (tertiary alicyclic amines) is 1. The molecule has 1 aliphatic rings.